The Morgan fingerprint density at radius 2 is 1.55 bits per heavy atom. The molecule has 0 aromatic carbocycles. The van der Waals surface area contributed by atoms with Gasteiger partial charge in [-0.3, -0.25) is 0 Å². The van der Waals surface area contributed by atoms with E-state index < -0.39 is 0 Å². The van der Waals surface area contributed by atoms with E-state index in [1.54, 1.807) is 7.11 Å². The molecule has 1 N–H and O–H groups in total. The fourth-order valence-corrected chi connectivity index (χ4v) is 0.250. The summed E-state index contributed by atoms with van der Waals surface area (Å²) in [5.41, 5.74) is 0. The predicted octanol–water partition coefficient (Wildman–Crippen LogP) is 2.29. The summed E-state index contributed by atoms with van der Waals surface area (Å²) in [6.07, 6.45) is 1.23. The van der Waals surface area contributed by atoms with E-state index in [2.05, 4.69) is 17.0 Å². The molecule has 0 fully saturated rings. The number of methoxy groups -OCH3 is 1. The van der Waals surface area contributed by atoms with Gasteiger partial charge in [-0.15, -0.1) is 0 Å². The van der Waals surface area contributed by atoms with Crippen LogP contribution in [0.5, 0.6) is 0 Å². The maximum atomic E-state index is 4.54. The summed E-state index contributed by atoms with van der Waals surface area (Å²) in [5.74, 6) is 0. The first-order valence-corrected chi connectivity index (χ1v) is 4.46. The third-order valence-electron chi connectivity index (χ3n) is 0.789. The van der Waals surface area contributed by atoms with Crippen LogP contribution in [0, 0.1) is 0 Å². The Hall–Kier alpha value is -0.0800. The Labute approximate surface area is 72.3 Å². The zero-order valence-electron chi connectivity index (χ0n) is 9.03. The highest BCUT2D eigenvalue weighted by Crippen LogP contribution is 1.62. The monoisotopic (exact) mass is 163 g/mol. The summed E-state index contributed by atoms with van der Waals surface area (Å²) < 4.78 is 4.54. The van der Waals surface area contributed by atoms with E-state index in [-0.39, 0.29) is 0 Å². The van der Waals surface area contributed by atoms with Crippen molar-refractivity contribution in [3.63, 3.8) is 0 Å². The van der Waals surface area contributed by atoms with Crippen molar-refractivity contribution in [2.45, 2.75) is 34.1 Å². The molecule has 2 nitrogen and oxygen atoms in total. The molecule has 0 aromatic heterocycles. The third kappa shape index (κ3) is 73.0. The van der Waals surface area contributed by atoms with Gasteiger partial charge in [-0.2, -0.15) is 0 Å². The van der Waals surface area contributed by atoms with Crippen LogP contribution < -0.4 is 5.32 Å². The summed E-state index contributed by atoms with van der Waals surface area (Å²) in [6.45, 7) is 10.1. The maximum absolute atomic E-state index is 4.54. The van der Waals surface area contributed by atoms with Crippen LogP contribution in [0.25, 0.3) is 0 Å². The van der Waals surface area contributed by atoms with Crippen molar-refractivity contribution in [1.29, 1.82) is 0 Å². The molecular weight excluding hydrogens is 138 g/mol. The lowest BCUT2D eigenvalue weighted by atomic mass is 10.5. The fourth-order valence-electron chi connectivity index (χ4n) is 0.250. The van der Waals surface area contributed by atoms with Crippen LogP contribution in [0.4, 0.5) is 0 Å². The van der Waals surface area contributed by atoms with Gasteiger partial charge in [-0.1, -0.05) is 20.8 Å². The number of rotatable bonds is 3. The lowest BCUT2D eigenvalue weighted by Crippen LogP contribution is -2.04. The minimum absolute atomic E-state index is 0.819. The average Bonchev–Trinajstić information content (AvgIpc) is 2.10. The Morgan fingerprint density at radius 1 is 1.18 bits per heavy atom. The van der Waals surface area contributed by atoms with Crippen LogP contribution in [-0.2, 0) is 4.74 Å². The Balaban J connectivity index is -0.0000000965. The van der Waals surface area contributed by atoms with Crippen molar-refractivity contribution in [1.82, 2.24) is 5.32 Å². The van der Waals surface area contributed by atoms with Gasteiger partial charge >= 0.3 is 0 Å². The molecule has 0 aliphatic carbocycles. The van der Waals surface area contributed by atoms with Crippen molar-refractivity contribution in [3.05, 3.63) is 0 Å². The molecule has 0 heterocycles. The zero-order chi connectivity index (χ0) is 9.54. The lowest BCUT2D eigenvalue weighted by molar-refractivity contribution is 0.215. The minimum Gasteiger partial charge on any atom is -0.385 e. The average molecular weight is 163 g/mol. The highest BCUT2D eigenvalue weighted by Gasteiger charge is 1.64. The zero-order valence-corrected chi connectivity index (χ0v) is 9.03. The maximum Gasteiger partial charge on any atom is 0.0433 e. The molecule has 0 amide bonds. The van der Waals surface area contributed by atoms with E-state index in [4.69, 9.17) is 0 Å². The Bertz CT molecular complexity index is 28.7. The summed E-state index contributed by atoms with van der Waals surface area (Å²) in [4.78, 5) is 0. The van der Waals surface area contributed by atoms with E-state index in [0.29, 0.717) is 0 Å². The SMILES string of the molecule is CC.CCCNC.CCOC. The van der Waals surface area contributed by atoms with Gasteiger partial charge in [0, 0.05) is 13.7 Å². The Kier molecular flexibility index (Phi) is 50.8. The second-order valence-electron chi connectivity index (χ2n) is 1.68. The molecule has 0 saturated heterocycles. The summed E-state index contributed by atoms with van der Waals surface area (Å²) in [7, 11) is 3.64. The van der Waals surface area contributed by atoms with Crippen molar-refractivity contribution in [2.75, 3.05) is 27.3 Å². The van der Waals surface area contributed by atoms with Crippen LogP contribution in [0.2, 0.25) is 0 Å². The minimum atomic E-state index is 0.819. The fraction of sp³-hybridized carbons (Fsp3) is 1.00. The quantitative estimate of drug-likeness (QED) is 0.689. The van der Waals surface area contributed by atoms with Crippen molar-refractivity contribution in [3.8, 4) is 0 Å². The normalized spacial score (nSPS) is 7.09. The second-order valence-corrected chi connectivity index (χ2v) is 1.68. The summed E-state index contributed by atoms with van der Waals surface area (Å²) in [5, 5.41) is 3.02. The van der Waals surface area contributed by atoms with Gasteiger partial charge in [0.05, 0.1) is 0 Å². The van der Waals surface area contributed by atoms with Gasteiger partial charge in [0.2, 0.25) is 0 Å². The van der Waals surface area contributed by atoms with E-state index in [9.17, 15) is 0 Å². The standard InChI is InChI=1S/C4H11N.C3H8O.C2H6/c1-3-4-5-2;1-3-4-2;1-2/h5H,3-4H2,1-2H3;3H2,1-2H3;1-2H3. The molecule has 0 atom stereocenters. The van der Waals surface area contributed by atoms with Crippen molar-refractivity contribution in [2.24, 2.45) is 0 Å². The third-order valence-corrected chi connectivity index (χ3v) is 0.789. The van der Waals surface area contributed by atoms with Crippen molar-refractivity contribution < 1.29 is 4.74 Å². The highest BCUT2D eigenvalue weighted by molar-refractivity contribution is 4.28. The molecule has 0 bridgehead atoms. The van der Waals surface area contributed by atoms with Crippen molar-refractivity contribution >= 4 is 0 Å². The van der Waals surface area contributed by atoms with Gasteiger partial charge < -0.3 is 10.1 Å². The van der Waals surface area contributed by atoms with Crippen LogP contribution >= 0.6 is 0 Å². The number of ether oxygens (including phenoxy) is 1. The molecular formula is C9H25NO. The van der Waals surface area contributed by atoms with Crippen LogP contribution in [0.3, 0.4) is 0 Å². The van der Waals surface area contributed by atoms with Crippen LogP contribution in [-0.4, -0.2) is 27.3 Å². The number of nitrogens with one attached hydrogen (secondary N) is 1. The van der Waals surface area contributed by atoms with Gasteiger partial charge in [0.25, 0.3) is 0 Å². The summed E-state index contributed by atoms with van der Waals surface area (Å²) >= 11 is 0. The first-order chi connectivity index (χ1) is 5.33. The van der Waals surface area contributed by atoms with Crippen LogP contribution in [0.1, 0.15) is 34.1 Å². The van der Waals surface area contributed by atoms with Gasteiger partial charge in [-0.05, 0) is 26.9 Å². The van der Waals surface area contributed by atoms with Gasteiger partial charge in [0.15, 0.2) is 0 Å². The molecule has 0 radical (unpaired) electrons. The molecule has 0 unspecified atom stereocenters. The van der Waals surface area contributed by atoms with E-state index in [1.165, 1.54) is 6.42 Å². The number of hydrogen-bond donors (Lipinski definition) is 1. The molecule has 0 spiro atoms. The number of hydrogen-bond acceptors (Lipinski definition) is 2. The topological polar surface area (TPSA) is 21.3 Å². The largest absolute Gasteiger partial charge is 0.385 e. The lowest BCUT2D eigenvalue weighted by Gasteiger charge is -1.84. The molecule has 0 aliphatic heterocycles. The van der Waals surface area contributed by atoms with Crippen LogP contribution in [0.15, 0.2) is 0 Å². The summed E-state index contributed by atoms with van der Waals surface area (Å²) in [6, 6.07) is 0. The molecule has 0 saturated carbocycles. The molecule has 0 aromatic rings. The molecule has 2 heteroatoms. The van der Waals surface area contributed by atoms with Gasteiger partial charge in [0.1, 0.15) is 0 Å². The van der Waals surface area contributed by atoms with Gasteiger partial charge in [-0.25, -0.2) is 0 Å². The molecule has 0 aliphatic rings. The predicted molar refractivity (Wildman–Crippen MR) is 53.1 cm³/mol. The first-order valence-electron chi connectivity index (χ1n) is 4.46. The molecule has 72 valence electrons. The first kappa shape index (κ1) is 17.1. The smallest absolute Gasteiger partial charge is 0.0433 e. The van der Waals surface area contributed by atoms with E-state index >= 15 is 0 Å². The second kappa shape index (κ2) is 32.6. The van der Waals surface area contributed by atoms with E-state index in [0.717, 1.165) is 13.2 Å². The molecule has 11 heavy (non-hydrogen) atoms. The van der Waals surface area contributed by atoms with E-state index in [1.807, 2.05) is 27.8 Å². The highest BCUT2D eigenvalue weighted by atomic mass is 16.5. The molecule has 0 rings (SSSR count). The Morgan fingerprint density at radius 3 is 1.55 bits per heavy atom.